The second kappa shape index (κ2) is 8.51. The molecule has 0 aromatic rings. The van der Waals surface area contributed by atoms with Crippen molar-refractivity contribution in [3.8, 4) is 0 Å². The lowest BCUT2D eigenvalue weighted by Gasteiger charge is -2.42. The number of amides is 1. The van der Waals surface area contributed by atoms with Crippen molar-refractivity contribution in [2.45, 2.75) is 62.8 Å². The van der Waals surface area contributed by atoms with Gasteiger partial charge in [0.15, 0.2) is 0 Å². The summed E-state index contributed by atoms with van der Waals surface area (Å²) in [6, 6.07) is 0.439. The van der Waals surface area contributed by atoms with Crippen LogP contribution in [0.1, 0.15) is 38.5 Å². The molecule has 0 spiro atoms. The molecule has 2 saturated carbocycles. The molecular weight excluding hydrogens is 319 g/mol. The summed E-state index contributed by atoms with van der Waals surface area (Å²) in [6.45, 7) is 1.43. The summed E-state index contributed by atoms with van der Waals surface area (Å²) in [4.78, 5) is 21.5. The van der Waals surface area contributed by atoms with Crippen molar-refractivity contribution in [1.29, 1.82) is 0 Å². The highest BCUT2D eigenvalue weighted by Crippen LogP contribution is 2.31. The van der Waals surface area contributed by atoms with E-state index in [4.69, 9.17) is 4.65 Å². The highest BCUT2D eigenvalue weighted by Gasteiger charge is 2.37. The van der Waals surface area contributed by atoms with Gasteiger partial charge in [-0.25, -0.2) is 0 Å². The van der Waals surface area contributed by atoms with Crippen LogP contribution < -0.4 is 5.23 Å². The van der Waals surface area contributed by atoms with Crippen molar-refractivity contribution < 1.29 is 14.6 Å². The molecule has 2 fully saturated rings. The van der Waals surface area contributed by atoms with Gasteiger partial charge in [0, 0.05) is 33.3 Å². The lowest BCUT2D eigenvalue weighted by molar-refractivity contribution is -0.137. The van der Waals surface area contributed by atoms with E-state index in [1.165, 1.54) is 0 Å². The Kier molecular flexibility index (Phi) is 6.36. The maximum absolute atomic E-state index is 13.1. The molecule has 139 valence electrons. The molecule has 1 unspecified atom stereocenters. The van der Waals surface area contributed by atoms with Crippen LogP contribution in [-0.4, -0.2) is 86.2 Å². The molecule has 2 N–H and O–H groups in total. The Morgan fingerprint density at radius 1 is 1.40 bits per heavy atom. The third kappa shape index (κ3) is 4.74. The first-order valence-corrected chi connectivity index (χ1v) is 9.39. The Labute approximate surface area is 151 Å². The Bertz CT molecular complexity index is 479. The summed E-state index contributed by atoms with van der Waals surface area (Å²) in [5, 5.41) is 12.9. The minimum atomic E-state index is -0.271. The molecule has 25 heavy (non-hydrogen) atoms. The fourth-order valence-electron chi connectivity index (χ4n) is 4.16. The fraction of sp³-hybridized carbons (Fsp3) is 0.882. The van der Waals surface area contributed by atoms with Crippen molar-refractivity contribution >= 4 is 19.9 Å². The lowest BCUT2D eigenvalue weighted by Crippen LogP contribution is -2.52. The van der Waals surface area contributed by atoms with Crippen LogP contribution in [0.2, 0.25) is 0 Å². The van der Waals surface area contributed by atoms with Crippen LogP contribution in [0.25, 0.3) is 0 Å². The normalized spacial score (nSPS) is 34.7. The first-order valence-electron chi connectivity index (χ1n) is 9.39. The largest absolute Gasteiger partial charge is 0.427 e. The van der Waals surface area contributed by atoms with E-state index >= 15 is 0 Å². The average molecular weight is 349 g/mol. The predicted molar refractivity (Wildman–Crippen MR) is 97.3 cm³/mol. The second-order valence-corrected chi connectivity index (χ2v) is 7.73. The van der Waals surface area contributed by atoms with E-state index in [0.717, 1.165) is 45.1 Å². The van der Waals surface area contributed by atoms with Crippen LogP contribution in [0.15, 0.2) is 4.99 Å². The quantitative estimate of drug-likeness (QED) is 0.633. The van der Waals surface area contributed by atoms with Gasteiger partial charge in [0.05, 0.1) is 12.4 Å². The summed E-state index contributed by atoms with van der Waals surface area (Å²) < 4.78 is 4.97. The maximum Gasteiger partial charge on any atom is 0.395 e. The van der Waals surface area contributed by atoms with Crippen LogP contribution in [0.3, 0.4) is 0 Å². The van der Waals surface area contributed by atoms with Crippen molar-refractivity contribution in [2.24, 2.45) is 10.9 Å². The summed E-state index contributed by atoms with van der Waals surface area (Å²) >= 11 is 0. The Morgan fingerprint density at radius 3 is 2.68 bits per heavy atom. The van der Waals surface area contributed by atoms with Crippen LogP contribution in [-0.2, 0) is 9.45 Å². The molecule has 7 nitrogen and oxygen atoms in total. The van der Waals surface area contributed by atoms with Crippen LogP contribution in [0.4, 0.5) is 0 Å². The zero-order valence-electron chi connectivity index (χ0n) is 15.3. The zero-order valence-corrected chi connectivity index (χ0v) is 15.3. The fourth-order valence-corrected chi connectivity index (χ4v) is 4.16. The van der Waals surface area contributed by atoms with Crippen molar-refractivity contribution in [2.75, 3.05) is 27.2 Å². The average Bonchev–Trinajstić information content (AvgIpc) is 3.02. The number of aliphatic hydroxyl groups is 1. The summed E-state index contributed by atoms with van der Waals surface area (Å²) in [5.41, 5.74) is 0. The second-order valence-electron chi connectivity index (χ2n) is 7.73. The van der Waals surface area contributed by atoms with Crippen LogP contribution >= 0.6 is 0 Å². The smallest absolute Gasteiger partial charge is 0.395 e. The van der Waals surface area contributed by atoms with Gasteiger partial charge < -0.3 is 24.8 Å². The van der Waals surface area contributed by atoms with E-state index in [-0.39, 0.29) is 24.1 Å². The van der Waals surface area contributed by atoms with Gasteiger partial charge in [-0.3, -0.25) is 9.79 Å². The number of carbonyl (C=O) groups excluding carboxylic acids is 1. The van der Waals surface area contributed by atoms with Gasteiger partial charge >= 0.3 is 7.62 Å². The Hall–Kier alpha value is -1.12. The molecule has 0 aromatic carbocycles. The van der Waals surface area contributed by atoms with Gasteiger partial charge in [-0.05, 0) is 50.5 Å². The number of likely N-dealkylation sites (N-methyl/N-ethyl adjacent to an activating group) is 1. The Balaban J connectivity index is 1.58. The van der Waals surface area contributed by atoms with Gasteiger partial charge in [-0.1, -0.05) is 0 Å². The molecular formula is C17H30BN4O3. The lowest BCUT2D eigenvalue weighted by atomic mass is 9.81. The summed E-state index contributed by atoms with van der Waals surface area (Å²) in [5.74, 6) is 0.585. The van der Waals surface area contributed by atoms with E-state index in [1.54, 1.807) is 21.1 Å². The maximum atomic E-state index is 13.1. The Morgan fingerprint density at radius 2 is 2.12 bits per heavy atom. The molecule has 3 rings (SSSR count). The van der Waals surface area contributed by atoms with Gasteiger partial charge in [-0.2, -0.15) is 0 Å². The molecule has 1 amide bonds. The van der Waals surface area contributed by atoms with E-state index < -0.39 is 0 Å². The number of aliphatic imine (C=N–C) groups is 1. The molecule has 1 heterocycles. The first-order chi connectivity index (χ1) is 12.1. The van der Waals surface area contributed by atoms with Crippen molar-refractivity contribution in [3.63, 3.8) is 0 Å². The SMILES string of the molecule is CO[B]NC1CCC(N(CC2CC(O)C2)C(=O)C2CN(C)C=N2)CC1. The highest BCUT2D eigenvalue weighted by molar-refractivity contribution is 6.23. The molecule has 1 aliphatic heterocycles. The number of hydrogen-bond acceptors (Lipinski definition) is 6. The molecule has 1 atom stereocenters. The van der Waals surface area contributed by atoms with Gasteiger partial charge in [-0.15, -0.1) is 0 Å². The minimum Gasteiger partial charge on any atom is -0.427 e. The molecule has 8 heteroatoms. The van der Waals surface area contributed by atoms with Crippen LogP contribution in [0, 0.1) is 5.92 Å². The number of rotatable bonds is 7. The van der Waals surface area contributed by atoms with Gasteiger partial charge in [0.1, 0.15) is 6.04 Å². The molecule has 0 aromatic heterocycles. The topological polar surface area (TPSA) is 77.4 Å². The minimum absolute atomic E-state index is 0.154. The third-order valence-corrected chi connectivity index (χ3v) is 5.70. The summed E-state index contributed by atoms with van der Waals surface area (Å²) in [6.07, 6.45) is 7.29. The van der Waals surface area contributed by atoms with E-state index in [2.05, 4.69) is 15.1 Å². The standard InChI is InChI=1S/C17H30BN4O3/c1-21-10-16(19-11-21)17(24)22(9-12-7-15(23)8-12)14-5-3-13(4-6-14)20-18-25-2/h11-16,20,23H,3-10H2,1-2H3. The number of nitrogens with zero attached hydrogens (tertiary/aromatic N) is 3. The molecule has 3 aliphatic rings. The highest BCUT2D eigenvalue weighted by atomic mass is 16.4. The molecule has 0 saturated heterocycles. The number of aliphatic hydroxyl groups excluding tert-OH is 1. The van der Waals surface area contributed by atoms with Crippen molar-refractivity contribution in [3.05, 3.63) is 0 Å². The van der Waals surface area contributed by atoms with Crippen molar-refractivity contribution in [1.82, 2.24) is 15.0 Å². The first kappa shape index (κ1) is 18.7. The van der Waals surface area contributed by atoms with E-state index in [0.29, 0.717) is 18.5 Å². The van der Waals surface area contributed by atoms with Gasteiger partial charge in [0.25, 0.3) is 0 Å². The number of nitrogens with one attached hydrogen (secondary N) is 1. The molecule has 0 bridgehead atoms. The molecule has 1 radical (unpaired) electrons. The monoisotopic (exact) mass is 349 g/mol. The van der Waals surface area contributed by atoms with Crippen LogP contribution in [0.5, 0.6) is 0 Å². The summed E-state index contributed by atoms with van der Waals surface area (Å²) in [7, 11) is 5.24. The zero-order chi connectivity index (χ0) is 17.8. The third-order valence-electron chi connectivity index (χ3n) is 5.70. The van der Waals surface area contributed by atoms with E-state index in [9.17, 15) is 9.90 Å². The van der Waals surface area contributed by atoms with E-state index in [1.807, 2.05) is 11.9 Å². The van der Waals surface area contributed by atoms with Gasteiger partial charge in [0.2, 0.25) is 5.91 Å². The number of carbonyl (C=O) groups is 1. The molecule has 2 aliphatic carbocycles. The predicted octanol–water partition coefficient (Wildman–Crippen LogP) is 0.00960. The number of hydrogen-bond donors (Lipinski definition) is 2.